The number of pyridine rings is 1. The van der Waals surface area contributed by atoms with E-state index >= 15 is 0 Å². The molecule has 0 aromatic carbocycles. The first-order chi connectivity index (χ1) is 11.2. The lowest BCUT2D eigenvalue weighted by molar-refractivity contribution is 0.232. The summed E-state index contributed by atoms with van der Waals surface area (Å²) in [4.78, 5) is 27.5. The summed E-state index contributed by atoms with van der Waals surface area (Å²) >= 11 is 0. The highest BCUT2D eigenvalue weighted by atomic mass is 16.2. The summed E-state index contributed by atoms with van der Waals surface area (Å²) in [7, 11) is 0. The predicted molar refractivity (Wildman–Crippen MR) is 88.8 cm³/mol. The van der Waals surface area contributed by atoms with Crippen LogP contribution in [0, 0.1) is 5.92 Å². The Morgan fingerprint density at radius 3 is 3.04 bits per heavy atom. The standard InChI is InChI=1S/C17H24N4O2/c22-15-14(8-11-4-1-2-6-13(11)19-15)20-16(23)21-17-7-3-5-12(17)9-18-10-17/h8,12,18H,1-7,9-10H2,(H,19,22)(H2,20,21,23)/t12-,17-/m0/s1. The Labute approximate surface area is 135 Å². The van der Waals surface area contributed by atoms with Crippen molar-refractivity contribution < 1.29 is 4.79 Å². The number of carbonyl (C=O) groups excluding carboxylic acids is 1. The molecule has 2 aliphatic carbocycles. The molecule has 0 spiro atoms. The van der Waals surface area contributed by atoms with Crippen LogP contribution in [0.5, 0.6) is 0 Å². The summed E-state index contributed by atoms with van der Waals surface area (Å²) in [6, 6.07) is 1.59. The molecule has 1 saturated heterocycles. The highest BCUT2D eigenvalue weighted by molar-refractivity contribution is 5.89. The zero-order chi connectivity index (χ0) is 15.9. The maximum absolute atomic E-state index is 12.4. The first kappa shape index (κ1) is 14.8. The number of carbonyl (C=O) groups is 1. The summed E-state index contributed by atoms with van der Waals surface area (Å²) in [6.07, 6.45) is 7.48. The summed E-state index contributed by atoms with van der Waals surface area (Å²) in [5.41, 5.74) is 2.21. The van der Waals surface area contributed by atoms with Gasteiger partial charge in [0.2, 0.25) is 0 Å². The fourth-order valence-electron chi connectivity index (χ4n) is 4.50. The number of hydrogen-bond donors (Lipinski definition) is 4. The Morgan fingerprint density at radius 1 is 1.26 bits per heavy atom. The average Bonchev–Trinajstić information content (AvgIpc) is 3.07. The van der Waals surface area contributed by atoms with E-state index < -0.39 is 0 Å². The van der Waals surface area contributed by atoms with Crippen molar-refractivity contribution in [2.24, 2.45) is 5.92 Å². The second-order valence-electron chi connectivity index (χ2n) is 7.18. The maximum Gasteiger partial charge on any atom is 0.319 e. The Kier molecular flexibility index (Phi) is 3.64. The maximum atomic E-state index is 12.4. The van der Waals surface area contributed by atoms with Gasteiger partial charge in [0.1, 0.15) is 5.69 Å². The zero-order valence-corrected chi connectivity index (χ0v) is 13.3. The van der Waals surface area contributed by atoms with Gasteiger partial charge in [0, 0.05) is 18.8 Å². The van der Waals surface area contributed by atoms with Crippen molar-refractivity contribution in [3.05, 3.63) is 27.7 Å². The van der Waals surface area contributed by atoms with Gasteiger partial charge in [-0.25, -0.2) is 4.79 Å². The van der Waals surface area contributed by atoms with Crippen LogP contribution in [-0.4, -0.2) is 29.6 Å². The van der Waals surface area contributed by atoms with Gasteiger partial charge in [-0.15, -0.1) is 0 Å². The number of rotatable bonds is 2. The molecule has 1 aromatic heterocycles. The molecule has 0 unspecified atom stereocenters. The van der Waals surface area contributed by atoms with Gasteiger partial charge in [0.15, 0.2) is 0 Å². The lowest BCUT2D eigenvalue weighted by Gasteiger charge is -2.29. The number of H-pyrrole nitrogens is 1. The van der Waals surface area contributed by atoms with E-state index in [4.69, 9.17) is 0 Å². The van der Waals surface area contributed by atoms with Crippen LogP contribution in [0.4, 0.5) is 10.5 Å². The van der Waals surface area contributed by atoms with Crippen molar-refractivity contribution in [1.82, 2.24) is 15.6 Å². The Balaban J connectivity index is 1.50. The Hall–Kier alpha value is -1.82. The van der Waals surface area contributed by atoms with E-state index in [2.05, 4.69) is 20.9 Å². The minimum atomic E-state index is -0.262. The average molecular weight is 316 g/mol. The molecule has 6 heteroatoms. The van der Waals surface area contributed by atoms with Gasteiger partial charge < -0.3 is 20.9 Å². The highest BCUT2D eigenvalue weighted by Gasteiger charge is 2.47. The lowest BCUT2D eigenvalue weighted by atomic mass is 9.91. The smallest absolute Gasteiger partial charge is 0.319 e. The van der Waals surface area contributed by atoms with E-state index in [1.807, 2.05) is 6.07 Å². The SMILES string of the molecule is O=C(Nc1cc2c([nH]c1=O)CCCC2)N[C@]12CCC[C@H]1CNC2. The normalized spacial score (nSPS) is 29.0. The molecule has 1 saturated carbocycles. The van der Waals surface area contributed by atoms with Crippen LogP contribution >= 0.6 is 0 Å². The number of nitrogens with one attached hydrogen (secondary N) is 4. The summed E-state index contributed by atoms with van der Waals surface area (Å²) < 4.78 is 0. The molecule has 4 N–H and O–H groups in total. The molecule has 2 fully saturated rings. The van der Waals surface area contributed by atoms with Crippen LogP contribution in [0.25, 0.3) is 0 Å². The quantitative estimate of drug-likeness (QED) is 0.667. The molecule has 2 heterocycles. The van der Waals surface area contributed by atoms with Crippen molar-refractivity contribution in [3.8, 4) is 0 Å². The van der Waals surface area contributed by atoms with Crippen LogP contribution in [-0.2, 0) is 12.8 Å². The van der Waals surface area contributed by atoms with E-state index in [1.165, 1.54) is 0 Å². The van der Waals surface area contributed by atoms with Gasteiger partial charge >= 0.3 is 6.03 Å². The monoisotopic (exact) mass is 316 g/mol. The molecule has 23 heavy (non-hydrogen) atoms. The second kappa shape index (κ2) is 5.67. The fraction of sp³-hybridized carbons (Fsp3) is 0.647. The van der Waals surface area contributed by atoms with E-state index in [0.29, 0.717) is 11.6 Å². The first-order valence-electron chi connectivity index (χ1n) is 8.71. The van der Waals surface area contributed by atoms with E-state index in [1.54, 1.807) is 0 Å². The molecule has 1 aromatic rings. The summed E-state index contributed by atoms with van der Waals surface area (Å²) in [6.45, 7) is 1.80. The Morgan fingerprint density at radius 2 is 2.13 bits per heavy atom. The minimum Gasteiger partial charge on any atom is -0.331 e. The minimum absolute atomic E-state index is 0.134. The van der Waals surface area contributed by atoms with Gasteiger partial charge in [-0.3, -0.25) is 4.79 Å². The number of aromatic nitrogens is 1. The molecule has 3 aliphatic rings. The Bertz CT molecular complexity index is 672. The van der Waals surface area contributed by atoms with Gasteiger partial charge in [-0.2, -0.15) is 0 Å². The van der Waals surface area contributed by atoms with Gasteiger partial charge in [0.05, 0.1) is 5.54 Å². The number of amides is 2. The van der Waals surface area contributed by atoms with Gasteiger partial charge in [-0.05, 0) is 56.1 Å². The topological polar surface area (TPSA) is 86.0 Å². The molecule has 6 nitrogen and oxygen atoms in total. The molecule has 0 bridgehead atoms. The zero-order valence-electron chi connectivity index (χ0n) is 13.3. The van der Waals surface area contributed by atoms with Crippen LogP contribution in [0.2, 0.25) is 0 Å². The van der Waals surface area contributed by atoms with Crippen LogP contribution in [0.1, 0.15) is 43.4 Å². The van der Waals surface area contributed by atoms with Crippen molar-refractivity contribution in [2.45, 2.75) is 50.5 Å². The lowest BCUT2D eigenvalue weighted by Crippen LogP contribution is -2.53. The van der Waals surface area contributed by atoms with Crippen molar-refractivity contribution in [1.29, 1.82) is 0 Å². The third kappa shape index (κ3) is 2.65. The second-order valence-corrected chi connectivity index (χ2v) is 7.18. The third-order valence-electron chi connectivity index (χ3n) is 5.74. The number of urea groups is 1. The van der Waals surface area contributed by atoms with E-state index in [-0.39, 0.29) is 17.1 Å². The summed E-state index contributed by atoms with van der Waals surface area (Å²) in [5, 5.41) is 9.29. The fourth-order valence-corrected chi connectivity index (χ4v) is 4.50. The van der Waals surface area contributed by atoms with Crippen LogP contribution < -0.4 is 21.5 Å². The number of hydrogen-bond acceptors (Lipinski definition) is 3. The molecular formula is C17H24N4O2. The molecule has 2 amide bonds. The van der Waals surface area contributed by atoms with Crippen LogP contribution in [0.3, 0.4) is 0 Å². The van der Waals surface area contributed by atoms with E-state index in [0.717, 1.165) is 69.3 Å². The van der Waals surface area contributed by atoms with Gasteiger partial charge in [0.25, 0.3) is 5.56 Å². The molecular weight excluding hydrogens is 292 g/mol. The predicted octanol–water partition coefficient (Wildman–Crippen LogP) is 1.52. The first-order valence-corrected chi connectivity index (χ1v) is 8.71. The highest BCUT2D eigenvalue weighted by Crippen LogP contribution is 2.38. The number of fused-ring (bicyclic) bond motifs is 2. The van der Waals surface area contributed by atoms with Crippen molar-refractivity contribution in [3.63, 3.8) is 0 Å². The molecule has 2 atom stereocenters. The van der Waals surface area contributed by atoms with Crippen molar-refractivity contribution >= 4 is 11.7 Å². The molecule has 4 rings (SSSR count). The molecule has 1 aliphatic heterocycles. The molecule has 0 radical (unpaired) electrons. The number of anilines is 1. The molecule has 124 valence electrons. The van der Waals surface area contributed by atoms with Crippen molar-refractivity contribution in [2.75, 3.05) is 18.4 Å². The van der Waals surface area contributed by atoms with Gasteiger partial charge in [-0.1, -0.05) is 6.42 Å². The largest absolute Gasteiger partial charge is 0.331 e. The van der Waals surface area contributed by atoms with Crippen LogP contribution in [0.15, 0.2) is 10.9 Å². The number of aryl methyl sites for hydroxylation is 2. The van der Waals surface area contributed by atoms with E-state index in [9.17, 15) is 9.59 Å². The summed E-state index contributed by atoms with van der Waals surface area (Å²) in [5.74, 6) is 0.509. The third-order valence-corrected chi connectivity index (χ3v) is 5.74. The number of aromatic amines is 1.